The molecule has 0 saturated carbocycles. The van der Waals surface area contributed by atoms with Gasteiger partial charge in [0.25, 0.3) is 5.69 Å². The van der Waals surface area contributed by atoms with Crippen molar-refractivity contribution < 1.29 is 9.66 Å². The Morgan fingerprint density at radius 1 is 1.47 bits per heavy atom. The molecule has 0 spiro atoms. The van der Waals surface area contributed by atoms with Gasteiger partial charge in [0, 0.05) is 7.05 Å². The molecule has 0 aliphatic rings. The van der Waals surface area contributed by atoms with Crippen LogP contribution in [0.15, 0.2) is 17.0 Å². The number of nitro groups is 1. The number of ether oxygens (including phenoxy) is 1. The van der Waals surface area contributed by atoms with E-state index in [9.17, 15) is 10.1 Å². The van der Waals surface area contributed by atoms with Gasteiger partial charge in [0.2, 0.25) is 0 Å². The lowest BCUT2D eigenvalue weighted by Gasteiger charge is -2.14. The highest BCUT2D eigenvalue weighted by molar-refractivity contribution is 7.98. The molecule has 5 nitrogen and oxygen atoms in total. The van der Waals surface area contributed by atoms with Gasteiger partial charge in [0.15, 0.2) is 0 Å². The first kappa shape index (κ1) is 13.6. The molecule has 0 amide bonds. The molecule has 0 aliphatic carbocycles. The fourth-order valence-electron chi connectivity index (χ4n) is 1.41. The number of hydrogen-bond acceptors (Lipinski definition) is 5. The molecule has 0 aliphatic heterocycles. The number of anilines is 1. The number of rotatable bonds is 5. The minimum absolute atomic E-state index is 0.0130. The van der Waals surface area contributed by atoms with Crippen LogP contribution in [0.1, 0.15) is 13.8 Å². The van der Waals surface area contributed by atoms with E-state index in [4.69, 9.17) is 4.74 Å². The molecular weight excluding hydrogens is 240 g/mol. The summed E-state index contributed by atoms with van der Waals surface area (Å²) in [5, 5.41) is 13.7. The van der Waals surface area contributed by atoms with Crippen molar-refractivity contribution in [1.29, 1.82) is 0 Å². The molecule has 0 atom stereocenters. The Balaban J connectivity index is 3.28. The van der Waals surface area contributed by atoms with Gasteiger partial charge in [-0.25, -0.2) is 0 Å². The van der Waals surface area contributed by atoms with Crippen LogP contribution in [0.5, 0.6) is 5.75 Å². The smallest absolute Gasteiger partial charge is 0.296 e. The maximum atomic E-state index is 10.9. The summed E-state index contributed by atoms with van der Waals surface area (Å²) in [6.45, 7) is 3.78. The van der Waals surface area contributed by atoms with Crippen molar-refractivity contribution in [3.63, 3.8) is 0 Å². The SMILES string of the molecule is CNc1cc(SC)c(OC(C)C)cc1[N+](=O)[O-]. The third kappa shape index (κ3) is 3.26. The van der Waals surface area contributed by atoms with Crippen LogP contribution in [0, 0.1) is 10.1 Å². The van der Waals surface area contributed by atoms with Crippen LogP contribution in [0.3, 0.4) is 0 Å². The van der Waals surface area contributed by atoms with Crippen LogP contribution >= 0.6 is 11.8 Å². The first-order valence-corrected chi connectivity index (χ1v) is 6.43. The molecule has 0 bridgehead atoms. The Labute approximate surface area is 105 Å². The first-order valence-electron chi connectivity index (χ1n) is 5.20. The van der Waals surface area contributed by atoms with E-state index in [1.54, 1.807) is 13.1 Å². The largest absolute Gasteiger partial charge is 0.490 e. The molecule has 1 N–H and O–H groups in total. The van der Waals surface area contributed by atoms with Crippen molar-refractivity contribution in [2.75, 3.05) is 18.6 Å². The molecule has 0 aromatic heterocycles. The topological polar surface area (TPSA) is 64.4 Å². The number of hydrogen-bond donors (Lipinski definition) is 1. The number of nitro benzene ring substituents is 1. The fraction of sp³-hybridized carbons (Fsp3) is 0.455. The van der Waals surface area contributed by atoms with E-state index in [0.29, 0.717) is 11.4 Å². The molecule has 1 rings (SSSR count). The summed E-state index contributed by atoms with van der Waals surface area (Å²) in [4.78, 5) is 11.4. The zero-order valence-corrected chi connectivity index (χ0v) is 11.1. The van der Waals surface area contributed by atoms with Crippen LogP contribution in [0.25, 0.3) is 0 Å². The van der Waals surface area contributed by atoms with E-state index in [1.807, 2.05) is 20.1 Å². The molecule has 94 valence electrons. The first-order chi connectivity index (χ1) is 7.99. The second-order valence-corrected chi connectivity index (χ2v) is 4.54. The average molecular weight is 256 g/mol. The van der Waals surface area contributed by atoms with Gasteiger partial charge in [-0.1, -0.05) is 0 Å². The summed E-state index contributed by atoms with van der Waals surface area (Å²) in [6, 6.07) is 3.21. The molecule has 6 heteroatoms. The summed E-state index contributed by atoms with van der Waals surface area (Å²) in [6.07, 6.45) is 1.90. The molecule has 0 radical (unpaired) electrons. The Hall–Kier alpha value is -1.43. The maximum absolute atomic E-state index is 10.9. The second kappa shape index (κ2) is 5.77. The molecule has 17 heavy (non-hydrogen) atoms. The lowest BCUT2D eigenvalue weighted by Crippen LogP contribution is -2.07. The van der Waals surface area contributed by atoms with Crippen LogP contribution < -0.4 is 10.1 Å². The van der Waals surface area contributed by atoms with Crippen molar-refractivity contribution in [3.05, 3.63) is 22.2 Å². The minimum atomic E-state index is -0.414. The van der Waals surface area contributed by atoms with E-state index in [1.165, 1.54) is 17.8 Å². The molecular formula is C11H16N2O3S. The van der Waals surface area contributed by atoms with Gasteiger partial charge in [-0.2, -0.15) is 0 Å². The standard InChI is InChI=1S/C11H16N2O3S/c1-7(2)16-10-6-9(13(14)15)8(12-3)5-11(10)17-4/h5-7,12H,1-4H3. The van der Waals surface area contributed by atoms with Gasteiger partial charge in [-0.05, 0) is 26.2 Å². The summed E-state index contributed by atoms with van der Waals surface area (Å²) < 4.78 is 5.57. The molecule has 0 saturated heterocycles. The zero-order valence-electron chi connectivity index (χ0n) is 10.3. The van der Waals surface area contributed by atoms with Crippen molar-refractivity contribution in [2.45, 2.75) is 24.8 Å². The fourth-order valence-corrected chi connectivity index (χ4v) is 1.95. The predicted molar refractivity (Wildman–Crippen MR) is 70.2 cm³/mol. The third-order valence-corrected chi connectivity index (χ3v) is 2.87. The maximum Gasteiger partial charge on any atom is 0.296 e. The molecule has 1 aromatic rings. The van der Waals surface area contributed by atoms with Crippen LogP contribution in [0.2, 0.25) is 0 Å². The van der Waals surface area contributed by atoms with Gasteiger partial charge in [-0.3, -0.25) is 10.1 Å². The Kier molecular flexibility index (Phi) is 4.62. The molecule has 0 heterocycles. The summed E-state index contributed by atoms with van der Waals surface area (Å²) in [5.41, 5.74) is 0.524. The normalized spacial score (nSPS) is 10.4. The Bertz CT molecular complexity index is 421. The van der Waals surface area contributed by atoms with Crippen molar-refractivity contribution in [1.82, 2.24) is 0 Å². The van der Waals surface area contributed by atoms with Gasteiger partial charge >= 0.3 is 0 Å². The predicted octanol–water partition coefficient (Wildman–Crippen LogP) is 3.15. The van der Waals surface area contributed by atoms with Crippen molar-refractivity contribution in [2.24, 2.45) is 0 Å². The number of nitrogens with one attached hydrogen (secondary N) is 1. The number of benzene rings is 1. The van der Waals surface area contributed by atoms with Crippen LogP contribution in [-0.4, -0.2) is 24.3 Å². The minimum Gasteiger partial charge on any atom is -0.490 e. The van der Waals surface area contributed by atoms with Crippen molar-refractivity contribution in [3.8, 4) is 5.75 Å². The van der Waals surface area contributed by atoms with E-state index in [-0.39, 0.29) is 11.8 Å². The van der Waals surface area contributed by atoms with Gasteiger partial charge in [0.05, 0.1) is 22.0 Å². The summed E-state index contributed by atoms with van der Waals surface area (Å²) >= 11 is 1.50. The second-order valence-electron chi connectivity index (χ2n) is 3.69. The highest BCUT2D eigenvalue weighted by Crippen LogP contribution is 2.37. The third-order valence-electron chi connectivity index (χ3n) is 2.11. The lowest BCUT2D eigenvalue weighted by molar-refractivity contribution is -0.384. The van der Waals surface area contributed by atoms with E-state index in [0.717, 1.165) is 4.90 Å². The van der Waals surface area contributed by atoms with Gasteiger partial charge < -0.3 is 10.1 Å². The van der Waals surface area contributed by atoms with E-state index in [2.05, 4.69) is 5.32 Å². The van der Waals surface area contributed by atoms with Crippen LogP contribution in [0.4, 0.5) is 11.4 Å². The van der Waals surface area contributed by atoms with Crippen molar-refractivity contribution >= 4 is 23.1 Å². The van der Waals surface area contributed by atoms with Gasteiger partial charge in [-0.15, -0.1) is 11.8 Å². The highest BCUT2D eigenvalue weighted by atomic mass is 32.2. The van der Waals surface area contributed by atoms with Crippen LogP contribution in [-0.2, 0) is 0 Å². The Morgan fingerprint density at radius 2 is 2.12 bits per heavy atom. The summed E-state index contributed by atoms with van der Waals surface area (Å²) in [7, 11) is 1.66. The zero-order chi connectivity index (χ0) is 13.0. The number of thioether (sulfide) groups is 1. The average Bonchev–Trinajstić information content (AvgIpc) is 2.27. The Morgan fingerprint density at radius 3 is 2.53 bits per heavy atom. The molecule has 1 aromatic carbocycles. The van der Waals surface area contributed by atoms with E-state index < -0.39 is 4.92 Å². The number of nitrogens with zero attached hydrogens (tertiary/aromatic N) is 1. The monoisotopic (exact) mass is 256 g/mol. The summed E-state index contributed by atoms with van der Waals surface area (Å²) in [5.74, 6) is 0.554. The quantitative estimate of drug-likeness (QED) is 0.498. The molecule has 0 unspecified atom stereocenters. The van der Waals surface area contributed by atoms with E-state index >= 15 is 0 Å². The highest BCUT2D eigenvalue weighted by Gasteiger charge is 2.18. The molecule has 0 fully saturated rings. The van der Waals surface area contributed by atoms with Gasteiger partial charge in [0.1, 0.15) is 11.4 Å². The lowest BCUT2D eigenvalue weighted by atomic mass is 10.2.